The Kier molecular flexibility index (Phi) is 4.70. The van der Waals surface area contributed by atoms with Crippen LogP contribution >= 0.6 is 0 Å². The van der Waals surface area contributed by atoms with Gasteiger partial charge in [0.15, 0.2) is 6.10 Å². The summed E-state index contributed by atoms with van der Waals surface area (Å²) < 4.78 is 49.4. The fourth-order valence-electron chi connectivity index (χ4n) is 1.61. The van der Waals surface area contributed by atoms with Crippen LogP contribution in [0.1, 0.15) is 16.7 Å². The number of benzene rings is 1. The van der Waals surface area contributed by atoms with Gasteiger partial charge in [0, 0.05) is 13.1 Å². The molecular formula is C12H15F4NO. The molecule has 1 unspecified atom stereocenters. The van der Waals surface area contributed by atoms with E-state index in [-0.39, 0.29) is 12.4 Å². The lowest BCUT2D eigenvalue weighted by Gasteiger charge is -2.15. The standard InChI is InChI=1S/C12H15F4NO/c1-7-3-9(4-8(2)11(7)13)5-17-6-10(18)12(14,15)16/h3-4,10,17-18H,5-6H2,1-2H3. The second-order valence-corrected chi connectivity index (χ2v) is 4.23. The zero-order valence-electron chi connectivity index (χ0n) is 10.1. The lowest BCUT2D eigenvalue weighted by molar-refractivity contribution is -0.201. The molecule has 1 rings (SSSR count). The van der Waals surface area contributed by atoms with Gasteiger partial charge in [-0.25, -0.2) is 4.39 Å². The molecule has 0 heterocycles. The first-order valence-corrected chi connectivity index (χ1v) is 5.43. The maximum atomic E-state index is 13.3. The highest BCUT2D eigenvalue weighted by molar-refractivity contribution is 5.30. The highest BCUT2D eigenvalue weighted by Crippen LogP contribution is 2.19. The van der Waals surface area contributed by atoms with Crippen molar-refractivity contribution in [2.75, 3.05) is 6.54 Å². The minimum Gasteiger partial charge on any atom is -0.382 e. The molecule has 1 aromatic carbocycles. The molecule has 0 bridgehead atoms. The largest absolute Gasteiger partial charge is 0.415 e. The van der Waals surface area contributed by atoms with Crippen molar-refractivity contribution in [3.05, 3.63) is 34.6 Å². The predicted octanol–water partition coefficient (Wildman–Crippen LogP) is 2.46. The van der Waals surface area contributed by atoms with E-state index in [1.165, 1.54) is 0 Å². The summed E-state index contributed by atoms with van der Waals surface area (Å²) in [6, 6.07) is 3.13. The van der Waals surface area contributed by atoms with Crippen LogP contribution in [0, 0.1) is 19.7 Å². The summed E-state index contributed by atoms with van der Waals surface area (Å²) in [7, 11) is 0. The average molecular weight is 265 g/mol. The minimum absolute atomic E-state index is 0.148. The minimum atomic E-state index is -4.62. The fourth-order valence-corrected chi connectivity index (χ4v) is 1.61. The predicted molar refractivity (Wildman–Crippen MR) is 59.6 cm³/mol. The van der Waals surface area contributed by atoms with E-state index in [0.717, 1.165) is 0 Å². The van der Waals surface area contributed by atoms with Crippen LogP contribution in [-0.2, 0) is 6.54 Å². The molecule has 0 aromatic heterocycles. The monoisotopic (exact) mass is 265 g/mol. The van der Waals surface area contributed by atoms with Gasteiger partial charge in [0.25, 0.3) is 0 Å². The third kappa shape index (κ3) is 3.96. The van der Waals surface area contributed by atoms with E-state index in [1.807, 2.05) is 0 Å². The number of nitrogens with one attached hydrogen (secondary N) is 1. The van der Waals surface area contributed by atoms with Crippen molar-refractivity contribution in [1.82, 2.24) is 5.32 Å². The lowest BCUT2D eigenvalue weighted by atomic mass is 10.1. The molecule has 6 heteroatoms. The van der Waals surface area contributed by atoms with E-state index in [0.29, 0.717) is 16.7 Å². The van der Waals surface area contributed by atoms with Gasteiger partial charge in [-0.15, -0.1) is 0 Å². The zero-order valence-corrected chi connectivity index (χ0v) is 10.1. The molecule has 1 atom stereocenters. The van der Waals surface area contributed by atoms with Crippen molar-refractivity contribution in [2.24, 2.45) is 0 Å². The molecule has 2 N–H and O–H groups in total. The van der Waals surface area contributed by atoms with Crippen LogP contribution in [-0.4, -0.2) is 23.9 Å². The van der Waals surface area contributed by atoms with Crippen LogP contribution in [0.4, 0.5) is 17.6 Å². The van der Waals surface area contributed by atoms with Gasteiger partial charge in [-0.05, 0) is 30.5 Å². The normalized spacial score (nSPS) is 13.7. The van der Waals surface area contributed by atoms with Crippen LogP contribution in [0.25, 0.3) is 0 Å². The molecule has 0 saturated carbocycles. The second kappa shape index (κ2) is 5.67. The first-order valence-electron chi connectivity index (χ1n) is 5.43. The summed E-state index contributed by atoms with van der Waals surface area (Å²) in [5.41, 5.74) is 1.58. The molecule has 0 fully saturated rings. The van der Waals surface area contributed by atoms with Crippen molar-refractivity contribution in [1.29, 1.82) is 0 Å². The third-order valence-corrected chi connectivity index (χ3v) is 2.54. The van der Waals surface area contributed by atoms with Gasteiger partial charge >= 0.3 is 6.18 Å². The molecule has 102 valence electrons. The van der Waals surface area contributed by atoms with Crippen LogP contribution in [0.15, 0.2) is 12.1 Å². The topological polar surface area (TPSA) is 32.3 Å². The first kappa shape index (κ1) is 14.9. The molecule has 18 heavy (non-hydrogen) atoms. The van der Waals surface area contributed by atoms with E-state index in [2.05, 4.69) is 5.32 Å². The molecular weight excluding hydrogens is 250 g/mol. The third-order valence-electron chi connectivity index (χ3n) is 2.54. The number of hydrogen-bond acceptors (Lipinski definition) is 2. The summed E-state index contributed by atoms with van der Waals surface area (Å²) in [5, 5.41) is 11.3. The Balaban J connectivity index is 2.55. The van der Waals surface area contributed by atoms with Crippen molar-refractivity contribution in [3.63, 3.8) is 0 Å². The number of aryl methyl sites for hydroxylation is 2. The Bertz CT molecular complexity index is 394. The number of hydrogen-bond donors (Lipinski definition) is 2. The summed E-state index contributed by atoms with van der Waals surface area (Å²) in [6.07, 6.45) is -7.01. The van der Waals surface area contributed by atoms with E-state index in [4.69, 9.17) is 5.11 Å². The van der Waals surface area contributed by atoms with Gasteiger partial charge in [-0.2, -0.15) is 13.2 Å². The number of aliphatic hydroxyl groups excluding tert-OH is 1. The van der Waals surface area contributed by atoms with E-state index >= 15 is 0 Å². The quantitative estimate of drug-likeness (QED) is 0.820. The second-order valence-electron chi connectivity index (χ2n) is 4.23. The molecule has 1 aromatic rings. The highest BCUT2D eigenvalue weighted by Gasteiger charge is 2.37. The highest BCUT2D eigenvalue weighted by atomic mass is 19.4. The summed E-state index contributed by atoms with van der Waals surface area (Å²) >= 11 is 0. The molecule has 0 amide bonds. The summed E-state index contributed by atoms with van der Waals surface area (Å²) in [4.78, 5) is 0. The molecule has 0 radical (unpaired) electrons. The number of alkyl halides is 3. The van der Waals surface area contributed by atoms with E-state index in [1.54, 1.807) is 26.0 Å². The molecule has 0 spiro atoms. The molecule has 0 saturated heterocycles. The fraction of sp³-hybridized carbons (Fsp3) is 0.500. The maximum absolute atomic E-state index is 13.3. The molecule has 0 aliphatic heterocycles. The Hall–Kier alpha value is -1.14. The first-order chi connectivity index (χ1) is 8.21. The summed E-state index contributed by atoms with van der Waals surface area (Å²) in [5.74, 6) is -0.311. The van der Waals surface area contributed by atoms with Gasteiger partial charge in [0.1, 0.15) is 5.82 Å². The van der Waals surface area contributed by atoms with Gasteiger partial charge in [-0.3, -0.25) is 0 Å². The number of halogens is 4. The van der Waals surface area contributed by atoms with Gasteiger partial charge in [-0.1, -0.05) is 12.1 Å². The van der Waals surface area contributed by atoms with Gasteiger partial charge in [0.05, 0.1) is 0 Å². The Morgan fingerprint density at radius 1 is 1.22 bits per heavy atom. The van der Waals surface area contributed by atoms with Crippen molar-refractivity contribution in [2.45, 2.75) is 32.7 Å². The Morgan fingerprint density at radius 3 is 2.17 bits per heavy atom. The van der Waals surface area contributed by atoms with Gasteiger partial charge in [0.2, 0.25) is 0 Å². The smallest absolute Gasteiger partial charge is 0.382 e. The van der Waals surface area contributed by atoms with Crippen LogP contribution < -0.4 is 5.32 Å². The summed E-state index contributed by atoms with van der Waals surface area (Å²) in [6.45, 7) is 2.75. The van der Waals surface area contributed by atoms with Gasteiger partial charge < -0.3 is 10.4 Å². The number of rotatable bonds is 4. The average Bonchev–Trinajstić information content (AvgIpc) is 2.24. The van der Waals surface area contributed by atoms with Crippen LogP contribution in [0.3, 0.4) is 0 Å². The molecule has 0 aliphatic rings. The molecule has 2 nitrogen and oxygen atoms in total. The van der Waals surface area contributed by atoms with E-state index in [9.17, 15) is 17.6 Å². The SMILES string of the molecule is Cc1cc(CNCC(O)C(F)(F)F)cc(C)c1F. The maximum Gasteiger partial charge on any atom is 0.415 e. The number of aliphatic hydroxyl groups is 1. The van der Waals surface area contributed by atoms with E-state index < -0.39 is 18.8 Å². The lowest BCUT2D eigenvalue weighted by Crippen LogP contribution is -2.38. The molecule has 0 aliphatic carbocycles. The Morgan fingerprint density at radius 2 is 1.72 bits per heavy atom. The van der Waals surface area contributed by atoms with Crippen molar-refractivity contribution < 1.29 is 22.7 Å². The zero-order chi connectivity index (χ0) is 13.9. The van der Waals surface area contributed by atoms with Crippen molar-refractivity contribution in [3.8, 4) is 0 Å². The Labute approximate surface area is 103 Å². The van der Waals surface area contributed by atoms with Crippen LogP contribution in [0.2, 0.25) is 0 Å². The van der Waals surface area contributed by atoms with Crippen molar-refractivity contribution >= 4 is 0 Å². The van der Waals surface area contributed by atoms with Crippen LogP contribution in [0.5, 0.6) is 0 Å².